The third-order valence-corrected chi connectivity index (χ3v) is 3.93. The lowest BCUT2D eigenvalue weighted by molar-refractivity contribution is 0.378. The minimum absolute atomic E-state index is 0.142. The molecule has 1 aromatic carbocycles. The topological polar surface area (TPSA) is 51.0 Å². The van der Waals surface area contributed by atoms with Crippen LogP contribution in [0.3, 0.4) is 0 Å². The minimum atomic E-state index is 0.142. The summed E-state index contributed by atoms with van der Waals surface area (Å²) in [4.78, 5) is 5.53. The van der Waals surface area contributed by atoms with Crippen LogP contribution in [-0.2, 0) is 18.7 Å². The highest BCUT2D eigenvalue weighted by molar-refractivity contribution is 7.98. The Kier molecular flexibility index (Phi) is 5.42. The molecule has 1 aromatic heterocycles. The van der Waals surface area contributed by atoms with Gasteiger partial charge in [-0.05, 0) is 38.5 Å². The molecule has 0 amide bonds. The SMILES string of the molecule is CCc1nc(CSc2ccc(CNC(C)(C)C)cc2)no1. The summed E-state index contributed by atoms with van der Waals surface area (Å²) < 4.78 is 5.10. The number of hydrogen-bond acceptors (Lipinski definition) is 5. The highest BCUT2D eigenvalue weighted by Crippen LogP contribution is 2.22. The molecule has 1 heterocycles. The average molecular weight is 305 g/mol. The molecule has 0 aliphatic carbocycles. The zero-order valence-electron chi connectivity index (χ0n) is 13.1. The van der Waals surface area contributed by atoms with Crippen LogP contribution in [0, 0.1) is 0 Å². The lowest BCUT2D eigenvalue weighted by Crippen LogP contribution is -2.35. The van der Waals surface area contributed by atoms with Crippen molar-refractivity contribution in [1.82, 2.24) is 15.5 Å². The zero-order valence-corrected chi connectivity index (χ0v) is 14.0. The molecule has 0 radical (unpaired) electrons. The summed E-state index contributed by atoms with van der Waals surface area (Å²) >= 11 is 1.72. The lowest BCUT2D eigenvalue weighted by Gasteiger charge is -2.20. The van der Waals surface area contributed by atoms with Crippen molar-refractivity contribution in [1.29, 1.82) is 0 Å². The van der Waals surface area contributed by atoms with Gasteiger partial charge in [0.15, 0.2) is 5.82 Å². The van der Waals surface area contributed by atoms with E-state index in [-0.39, 0.29) is 5.54 Å². The molecule has 2 aromatic rings. The monoisotopic (exact) mass is 305 g/mol. The summed E-state index contributed by atoms with van der Waals surface area (Å²) in [6, 6.07) is 8.61. The van der Waals surface area contributed by atoms with Crippen LogP contribution in [0.2, 0.25) is 0 Å². The predicted octanol–water partition coefficient (Wildman–Crippen LogP) is 3.81. The quantitative estimate of drug-likeness (QED) is 0.822. The van der Waals surface area contributed by atoms with Gasteiger partial charge in [0.25, 0.3) is 0 Å². The number of benzene rings is 1. The van der Waals surface area contributed by atoms with E-state index < -0.39 is 0 Å². The van der Waals surface area contributed by atoms with Crippen molar-refractivity contribution >= 4 is 11.8 Å². The molecule has 21 heavy (non-hydrogen) atoms. The van der Waals surface area contributed by atoms with Crippen molar-refractivity contribution in [2.45, 2.75) is 56.8 Å². The van der Waals surface area contributed by atoms with Gasteiger partial charge in [0.2, 0.25) is 5.89 Å². The van der Waals surface area contributed by atoms with Crippen molar-refractivity contribution in [3.63, 3.8) is 0 Å². The van der Waals surface area contributed by atoms with Crippen LogP contribution in [0.25, 0.3) is 0 Å². The summed E-state index contributed by atoms with van der Waals surface area (Å²) in [6.45, 7) is 9.42. The highest BCUT2D eigenvalue weighted by atomic mass is 32.2. The molecule has 4 nitrogen and oxygen atoms in total. The number of rotatable bonds is 6. The Balaban J connectivity index is 1.84. The van der Waals surface area contributed by atoms with E-state index in [1.807, 2.05) is 6.92 Å². The number of aromatic nitrogens is 2. The highest BCUT2D eigenvalue weighted by Gasteiger charge is 2.08. The molecule has 0 saturated carbocycles. The molecule has 0 aliphatic rings. The summed E-state index contributed by atoms with van der Waals surface area (Å²) in [5, 5.41) is 7.44. The smallest absolute Gasteiger partial charge is 0.226 e. The maximum atomic E-state index is 5.10. The van der Waals surface area contributed by atoms with Gasteiger partial charge in [-0.3, -0.25) is 0 Å². The first-order chi connectivity index (χ1) is 9.96. The number of thioether (sulfide) groups is 1. The lowest BCUT2D eigenvalue weighted by atomic mass is 10.1. The van der Waals surface area contributed by atoms with E-state index in [0.29, 0.717) is 5.89 Å². The van der Waals surface area contributed by atoms with Crippen LogP contribution in [0.1, 0.15) is 45.0 Å². The summed E-state index contributed by atoms with van der Waals surface area (Å²) in [6.07, 6.45) is 0.785. The molecule has 114 valence electrons. The molecule has 2 rings (SSSR count). The van der Waals surface area contributed by atoms with E-state index in [4.69, 9.17) is 4.52 Å². The maximum Gasteiger partial charge on any atom is 0.226 e. The Hall–Kier alpha value is -1.33. The van der Waals surface area contributed by atoms with Gasteiger partial charge in [-0.25, -0.2) is 0 Å². The second-order valence-corrected chi connectivity index (χ2v) is 7.04. The van der Waals surface area contributed by atoms with Gasteiger partial charge in [0, 0.05) is 23.4 Å². The molecular formula is C16H23N3OS. The van der Waals surface area contributed by atoms with E-state index in [1.165, 1.54) is 10.5 Å². The van der Waals surface area contributed by atoms with Gasteiger partial charge < -0.3 is 9.84 Å². The van der Waals surface area contributed by atoms with E-state index in [0.717, 1.165) is 24.5 Å². The Morgan fingerprint density at radius 1 is 1.19 bits per heavy atom. The Labute approximate surface area is 130 Å². The van der Waals surface area contributed by atoms with Crippen LogP contribution in [0.4, 0.5) is 0 Å². The second kappa shape index (κ2) is 7.09. The van der Waals surface area contributed by atoms with Gasteiger partial charge in [-0.2, -0.15) is 4.98 Å². The first-order valence-electron chi connectivity index (χ1n) is 7.24. The molecule has 0 bridgehead atoms. The first-order valence-corrected chi connectivity index (χ1v) is 8.23. The van der Waals surface area contributed by atoms with Crippen LogP contribution in [0.15, 0.2) is 33.7 Å². The van der Waals surface area contributed by atoms with Crippen molar-refractivity contribution in [2.24, 2.45) is 0 Å². The van der Waals surface area contributed by atoms with Gasteiger partial charge in [0.05, 0.1) is 5.75 Å². The minimum Gasteiger partial charge on any atom is -0.339 e. The van der Waals surface area contributed by atoms with Gasteiger partial charge in [0.1, 0.15) is 0 Å². The number of nitrogens with one attached hydrogen (secondary N) is 1. The van der Waals surface area contributed by atoms with Crippen LogP contribution >= 0.6 is 11.8 Å². The van der Waals surface area contributed by atoms with Crippen LogP contribution in [-0.4, -0.2) is 15.7 Å². The fraction of sp³-hybridized carbons (Fsp3) is 0.500. The maximum absolute atomic E-state index is 5.10. The molecule has 0 atom stereocenters. The molecule has 0 unspecified atom stereocenters. The fourth-order valence-electron chi connectivity index (χ4n) is 1.71. The number of aryl methyl sites for hydroxylation is 1. The Morgan fingerprint density at radius 2 is 1.90 bits per heavy atom. The fourth-order valence-corrected chi connectivity index (χ4v) is 2.45. The standard InChI is InChI=1S/C16H23N3OS/c1-5-15-18-14(19-20-15)11-21-13-8-6-12(7-9-13)10-17-16(2,3)4/h6-9,17H,5,10-11H2,1-4H3. The molecular weight excluding hydrogens is 282 g/mol. The summed E-state index contributed by atoms with van der Waals surface area (Å²) in [5.74, 6) is 2.20. The van der Waals surface area contributed by atoms with Crippen molar-refractivity contribution < 1.29 is 4.52 Å². The van der Waals surface area contributed by atoms with Gasteiger partial charge in [-0.15, -0.1) is 11.8 Å². The summed E-state index contributed by atoms with van der Waals surface area (Å²) in [7, 11) is 0. The van der Waals surface area contributed by atoms with Crippen molar-refractivity contribution in [3.05, 3.63) is 41.5 Å². The average Bonchev–Trinajstić information content (AvgIpc) is 2.91. The van der Waals surface area contributed by atoms with E-state index >= 15 is 0 Å². The zero-order chi connectivity index (χ0) is 15.3. The van der Waals surface area contributed by atoms with Crippen molar-refractivity contribution in [3.8, 4) is 0 Å². The molecule has 0 saturated heterocycles. The van der Waals surface area contributed by atoms with Crippen molar-refractivity contribution in [2.75, 3.05) is 0 Å². The second-order valence-electron chi connectivity index (χ2n) is 5.99. The van der Waals surface area contributed by atoms with E-state index in [2.05, 4.69) is 60.5 Å². The Morgan fingerprint density at radius 3 is 2.48 bits per heavy atom. The third-order valence-electron chi connectivity index (χ3n) is 2.93. The molecule has 0 fully saturated rings. The molecule has 0 spiro atoms. The molecule has 5 heteroatoms. The Bertz CT molecular complexity index is 558. The van der Waals surface area contributed by atoms with Crippen LogP contribution in [0.5, 0.6) is 0 Å². The summed E-state index contributed by atoms with van der Waals surface area (Å²) in [5.41, 5.74) is 1.44. The number of nitrogens with zero attached hydrogens (tertiary/aromatic N) is 2. The van der Waals surface area contributed by atoms with E-state index in [1.54, 1.807) is 11.8 Å². The molecule has 0 aliphatic heterocycles. The van der Waals surface area contributed by atoms with E-state index in [9.17, 15) is 0 Å². The number of hydrogen-bond donors (Lipinski definition) is 1. The largest absolute Gasteiger partial charge is 0.339 e. The van der Waals surface area contributed by atoms with Gasteiger partial charge >= 0.3 is 0 Å². The predicted molar refractivity (Wildman–Crippen MR) is 86.3 cm³/mol. The third kappa shape index (κ3) is 5.52. The normalized spacial score (nSPS) is 11.8. The van der Waals surface area contributed by atoms with Crippen LogP contribution < -0.4 is 5.32 Å². The molecule has 1 N–H and O–H groups in total. The van der Waals surface area contributed by atoms with Gasteiger partial charge in [-0.1, -0.05) is 24.2 Å². The first kappa shape index (κ1) is 16.0.